The minimum absolute atomic E-state index is 0.0189. The van der Waals surface area contributed by atoms with Gasteiger partial charge < -0.3 is 11.1 Å². The van der Waals surface area contributed by atoms with Crippen LogP contribution in [-0.4, -0.2) is 37.0 Å². The van der Waals surface area contributed by atoms with Crippen LogP contribution >= 0.6 is 31.9 Å². The van der Waals surface area contributed by atoms with Crippen LogP contribution in [-0.2, 0) is 4.79 Å². The summed E-state index contributed by atoms with van der Waals surface area (Å²) in [5.41, 5.74) is 6.58. The van der Waals surface area contributed by atoms with Crippen molar-refractivity contribution in [2.45, 2.75) is 18.9 Å². The van der Waals surface area contributed by atoms with E-state index in [-0.39, 0.29) is 5.91 Å². The van der Waals surface area contributed by atoms with E-state index < -0.39 is 0 Å². The van der Waals surface area contributed by atoms with Gasteiger partial charge in [0.25, 0.3) is 0 Å². The molecule has 1 aromatic carbocycles. The molecule has 0 aromatic heterocycles. The molecule has 1 aliphatic carbocycles. The number of halogens is 2. The molecule has 3 N–H and O–H groups in total. The molecule has 1 aromatic rings. The van der Waals surface area contributed by atoms with Crippen LogP contribution in [0, 0.1) is 5.92 Å². The molecule has 2 rings (SSSR count). The van der Waals surface area contributed by atoms with Crippen molar-refractivity contribution >= 4 is 43.5 Å². The van der Waals surface area contributed by atoms with Crippen molar-refractivity contribution in [3.05, 3.63) is 27.1 Å². The van der Waals surface area contributed by atoms with E-state index in [9.17, 15) is 4.79 Å². The second-order valence-electron chi connectivity index (χ2n) is 5.23. The number of amides is 1. The predicted molar refractivity (Wildman–Crippen MR) is 88.7 cm³/mol. The Hall–Kier alpha value is -0.430. The third-order valence-electron chi connectivity index (χ3n) is 3.57. The summed E-state index contributed by atoms with van der Waals surface area (Å²) in [6.45, 7) is 0.970. The molecule has 6 heteroatoms. The van der Waals surface area contributed by atoms with Gasteiger partial charge in [0, 0.05) is 21.5 Å². The second-order valence-corrected chi connectivity index (χ2v) is 7.00. The van der Waals surface area contributed by atoms with Gasteiger partial charge in [0.05, 0.1) is 12.2 Å². The molecule has 20 heavy (non-hydrogen) atoms. The summed E-state index contributed by atoms with van der Waals surface area (Å²) < 4.78 is 1.83. The van der Waals surface area contributed by atoms with Gasteiger partial charge in [-0.05, 0) is 59.9 Å². The number of hydrogen-bond acceptors (Lipinski definition) is 3. The Labute approximate surface area is 136 Å². The van der Waals surface area contributed by atoms with Crippen LogP contribution in [0.25, 0.3) is 0 Å². The number of rotatable bonds is 6. The van der Waals surface area contributed by atoms with Crippen molar-refractivity contribution in [2.75, 3.05) is 25.5 Å². The van der Waals surface area contributed by atoms with Gasteiger partial charge in [-0.2, -0.15) is 0 Å². The Morgan fingerprint density at radius 2 is 2.20 bits per heavy atom. The minimum atomic E-state index is -0.0189. The molecular formula is C14H19Br2N3O. The average molecular weight is 405 g/mol. The highest BCUT2D eigenvalue weighted by molar-refractivity contribution is 9.11. The van der Waals surface area contributed by atoms with Crippen LogP contribution in [0.2, 0.25) is 0 Å². The van der Waals surface area contributed by atoms with Gasteiger partial charge in [0.2, 0.25) is 5.91 Å². The summed E-state index contributed by atoms with van der Waals surface area (Å²) >= 11 is 6.83. The van der Waals surface area contributed by atoms with E-state index in [4.69, 9.17) is 5.73 Å². The van der Waals surface area contributed by atoms with Crippen LogP contribution in [0.4, 0.5) is 5.69 Å². The van der Waals surface area contributed by atoms with E-state index in [0.29, 0.717) is 25.0 Å². The van der Waals surface area contributed by atoms with E-state index in [1.807, 2.05) is 25.2 Å². The first kappa shape index (κ1) is 15.9. The standard InChI is InChI=1S/C14H19Br2N3O/c1-19(13(7-17)9-2-3-9)8-14(20)18-12-5-4-10(15)6-11(12)16/h4-6,9,13H,2-3,7-8,17H2,1H3,(H,18,20). The van der Waals surface area contributed by atoms with Crippen LogP contribution < -0.4 is 11.1 Å². The van der Waals surface area contributed by atoms with Crippen molar-refractivity contribution < 1.29 is 4.79 Å². The molecule has 0 radical (unpaired) electrons. The van der Waals surface area contributed by atoms with Crippen molar-refractivity contribution in [3.63, 3.8) is 0 Å². The minimum Gasteiger partial charge on any atom is -0.329 e. The molecule has 4 nitrogen and oxygen atoms in total. The zero-order chi connectivity index (χ0) is 14.7. The van der Waals surface area contributed by atoms with Gasteiger partial charge in [-0.1, -0.05) is 15.9 Å². The Kier molecular flexibility index (Phi) is 5.60. The number of benzene rings is 1. The monoisotopic (exact) mass is 403 g/mol. The van der Waals surface area contributed by atoms with Gasteiger partial charge in [-0.25, -0.2) is 0 Å². The van der Waals surface area contributed by atoms with Crippen LogP contribution in [0.1, 0.15) is 12.8 Å². The lowest BCUT2D eigenvalue weighted by molar-refractivity contribution is -0.117. The second kappa shape index (κ2) is 7.02. The Morgan fingerprint density at radius 1 is 1.50 bits per heavy atom. The number of nitrogens with zero attached hydrogens (tertiary/aromatic N) is 1. The molecular weight excluding hydrogens is 386 g/mol. The molecule has 0 aliphatic heterocycles. The fourth-order valence-electron chi connectivity index (χ4n) is 2.34. The lowest BCUT2D eigenvalue weighted by atomic mass is 10.1. The molecule has 1 unspecified atom stereocenters. The highest BCUT2D eigenvalue weighted by Crippen LogP contribution is 2.34. The third-order valence-corrected chi connectivity index (χ3v) is 4.72. The highest BCUT2D eigenvalue weighted by atomic mass is 79.9. The summed E-state index contributed by atoms with van der Waals surface area (Å²) in [4.78, 5) is 14.2. The summed E-state index contributed by atoms with van der Waals surface area (Å²) in [6.07, 6.45) is 2.46. The van der Waals surface area contributed by atoms with Crippen LogP contribution in [0.3, 0.4) is 0 Å². The molecule has 110 valence electrons. The predicted octanol–water partition coefficient (Wildman–Crippen LogP) is 2.82. The number of carbonyl (C=O) groups is 1. The molecule has 1 fully saturated rings. The first-order chi connectivity index (χ1) is 9.51. The first-order valence-electron chi connectivity index (χ1n) is 6.66. The molecule has 1 atom stereocenters. The zero-order valence-electron chi connectivity index (χ0n) is 11.4. The first-order valence-corrected chi connectivity index (χ1v) is 8.25. The summed E-state index contributed by atoms with van der Waals surface area (Å²) in [5, 5.41) is 2.92. The smallest absolute Gasteiger partial charge is 0.238 e. The van der Waals surface area contributed by atoms with Crippen LogP contribution in [0.5, 0.6) is 0 Å². The van der Waals surface area contributed by atoms with Gasteiger partial charge in [0.15, 0.2) is 0 Å². The third kappa shape index (κ3) is 4.28. The number of likely N-dealkylation sites (N-methyl/N-ethyl adjacent to an activating group) is 1. The lowest BCUT2D eigenvalue weighted by Crippen LogP contribution is -2.43. The fourth-order valence-corrected chi connectivity index (χ4v) is 3.48. The normalized spacial score (nSPS) is 16.2. The maximum Gasteiger partial charge on any atom is 0.238 e. The number of carbonyl (C=O) groups excluding carboxylic acids is 1. The van der Waals surface area contributed by atoms with Gasteiger partial charge in [-0.3, -0.25) is 9.69 Å². The highest BCUT2D eigenvalue weighted by Gasteiger charge is 2.33. The quantitative estimate of drug-likeness (QED) is 0.766. The molecule has 0 bridgehead atoms. The largest absolute Gasteiger partial charge is 0.329 e. The SMILES string of the molecule is CN(CC(=O)Nc1ccc(Br)cc1Br)C(CN)C1CC1. The van der Waals surface area contributed by atoms with Crippen molar-refractivity contribution in [1.82, 2.24) is 4.90 Å². The number of anilines is 1. The molecule has 0 spiro atoms. The van der Waals surface area contributed by atoms with Crippen molar-refractivity contribution in [3.8, 4) is 0 Å². The average Bonchev–Trinajstić information content (AvgIpc) is 3.18. The number of nitrogens with one attached hydrogen (secondary N) is 1. The van der Waals surface area contributed by atoms with Gasteiger partial charge in [0.1, 0.15) is 0 Å². The maximum atomic E-state index is 12.1. The molecule has 1 saturated carbocycles. The Balaban J connectivity index is 1.91. The number of nitrogens with two attached hydrogens (primary N) is 1. The fraction of sp³-hybridized carbons (Fsp3) is 0.500. The Bertz CT molecular complexity index is 491. The topological polar surface area (TPSA) is 58.4 Å². The molecule has 1 amide bonds. The van der Waals surface area contributed by atoms with E-state index in [1.54, 1.807) is 0 Å². The summed E-state index contributed by atoms with van der Waals surface area (Å²) in [5.74, 6) is 0.645. The van der Waals surface area contributed by atoms with Crippen LogP contribution in [0.15, 0.2) is 27.1 Å². The molecule has 1 aliphatic rings. The van der Waals surface area contributed by atoms with Gasteiger partial charge >= 0.3 is 0 Å². The van der Waals surface area contributed by atoms with Crippen molar-refractivity contribution in [2.24, 2.45) is 11.7 Å². The molecule has 0 saturated heterocycles. The lowest BCUT2D eigenvalue weighted by Gasteiger charge is -2.26. The maximum absolute atomic E-state index is 12.1. The summed E-state index contributed by atoms with van der Waals surface area (Å²) in [6, 6.07) is 5.99. The Morgan fingerprint density at radius 3 is 2.75 bits per heavy atom. The van der Waals surface area contributed by atoms with E-state index in [2.05, 4.69) is 42.1 Å². The van der Waals surface area contributed by atoms with E-state index in [0.717, 1.165) is 14.6 Å². The zero-order valence-corrected chi connectivity index (χ0v) is 14.6. The van der Waals surface area contributed by atoms with E-state index >= 15 is 0 Å². The van der Waals surface area contributed by atoms with E-state index in [1.165, 1.54) is 12.8 Å². The van der Waals surface area contributed by atoms with Gasteiger partial charge in [-0.15, -0.1) is 0 Å². The van der Waals surface area contributed by atoms with Crippen molar-refractivity contribution in [1.29, 1.82) is 0 Å². The number of hydrogen-bond donors (Lipinski definition) is 2. The molecule has 0 heterocycles. The summed E-state index contributed by atoms with van der Waals surface area (Å²) in [7, 11) is 1.96.